The van der Waals surface area contributed by atoms with Gasteiger partial charge in [0.2, 0.25) is 11.9 Å². The van der Waals surface area contributed by atoms with E-state index in [1.165, 1.54) is 129 Å². The van der Waals surface area contributed by atoms with Crippen LogP contribution in [0.15, 0.2) is 205 Å². The highest BCUT2D eigenvalue weighted by Crippen LogP contribution is 2.36. The normalized spacial score (nSPS) is 14.7. The number of hydrogen-bond donors (Lipinski definition) is 1. The van der Waals surface area contributed by atoms with Crippen LogP contribution in [0.2, 0.25) is 0 Å². The van der Waals surface area contributed by atoms with Gasteiger partial charge in [-0.1, -0.05) is 6.07 Å². The van der Waals surface area contributed by atoms with E-state index >= 15 is 0 Å². The molecule has 0 saturated heterocycles. The minimum absolute atomic E-state index is 0.0310. The molecule has 100 heavy (non-hydrogen) atoms. The van der Waals surface area contributed by atoms with Crippen LogP contribution in [-0.4, -0.2) is 105 Å². The van der Waals surface area contributed by atoms with Gasteiger partial charge in [-0.2, -0.15) is 18.4 Å². The number of ether oxygens (including phenoxy) is 3. The topological polar surface area (TPSA) is 338 Å². The number of nitrogen functional groups attached to an aromatic ring is 1. The Morgan fingerprint density at radius 3 is 1.39 bits per heavy atom. The second-order valence-electron chi connectivity index (χ2n) is 22.5. The number of nitrogens with two attached hydrogens (primary N) is 1. The fourth-order valence-electron chi connectivity index (χ4n) is 10.7. The first-order chi connectivity index (χ1) is 48.3. The summed E-state index contributed by atoms with van der Waals surface area (Å²) >= 11 is 3.33. The molecule has 0 aromatic carbocycles. The quantitative estimate of drug-likeness (QED) is 0.0383. The smallest absolute Gasteiger partial charge is 0.373 e. The van der Waals surface area contributed by atoms with Crippen molar-refractivity contribution in [2.75, 3.05) is 32.5 Å². The first kappa shape index (κ1) is 76.1. The molecule has 2 saturated carbocycles. The van der Waals surface area contributed by atoms with Gasteiger partial charge in [-0.3, -0.25) is 42.8 Å². The monoisotopic (exact) mass is 1400 g/mol. The molecule has 2 aliphatic rings. The van der Waals surface area contributed by atoms with Crippen LogP contribution in [0.5, 0.6) is 5.75 Å². The Bertz CT molecular complexity index is 4520. The molecule has 0 bridgehead atoms. The Hall–Kier alpha value is -11.3. The molecule has 10 aromatic heterocycles. The number of halogens is 2. The third-order valence-electron chi connectivity index (χ3n) is 15.6. The fraction of sp³-hybridized carbons (Fsp3) is 0.268. The number of anilines is 1. The lowest BCUT2D eigenvalue weighted by Crippen LogP contribution is -2.19. The molecule has 2 fully saturated rings. The van der Waals surface area contributed by atoms with Crippen molar-refractivity contribution in [3.8, 4) is 22.8 Å². The molecule has 0 aliphatic heterocycles. The average molecular weight is 1400 g/mol. The molecule has 4 atom stereocenters. The number of hydrogen-bond acceptors (Lipinski definition) is 24. The molecule has 29 heteroatoms. The molecule has 10 aromatic rings. The van der Waals surface area contributed by atoms with Crippen molar-refractivity contribution >= 4 is 53.8 Å². The lowest BCUT2D eigenvalue weighted by atomic mass is 9.97. The summed E-state index contributed by atoms with van der Waals surface area (Å²) < 4.78 is 47.1. The minimum atomic E-state index is -0.643. The van der Waals surface area contributed by atoms with Gasteiger partial charge in [0.25, 0.3) is 23.2 Å². The van der Waals surface area contributed by atoms with Gasteiger partial charge in [0, 0.05) is 95.5 Å². The number of esters is 2. The van der Waals surface area contributed by atoms with Crippen LogP contribution >= 0.6 is 23.5 Å². The van der Waals surface area contributed by atoms with Crippen molar-refractivity contribution in [3.63, 3.8) is 0 Å². The fourth-order valence-corrected chi connectivity index (χ4v) is 11.3. The molecule has 0 spiro atoms. The predicted octanol–water partition coefficient (Wildman–Crippen LogP) is 9.54. The van der Waals surface area contributed by atoms with Crippen molar-refractivity contribution in [3.05, 3.63) is 265 Å². The van der Waals surface area contributed by atoms with Crippen LogP contribution in [-0.2, 0) is 49.5 Å². The number of thioether (sulfide) groups is 2. The Kier molecular flexibility index (Phi) is 29.8. The van der Waals surface area contributed by atoms with E-state index in [2.05, 4.69) is 59.8 Å². The number of nitrogens with zero attached hydrogens (tertiary/aromatic N) is 11. The first-order valence-corrected chi connectivity index (χ1v) is 33.3. The van der Waals surface area contributed by atoms with Gasteiger partial charge in [-0.15, -0.1) is 23.5 Å². The molecule has 0 radical (unpaired) electrons. The molecular formula is C71H70F2N12O13S2. The number of rotatable bonds is 17. The summed E-state index contributed by atoms with van der Waals surface area (Å²) in [5.74, 6) is 2.50. The highest BCUT2D eigenvalue weighted by atomic mass is 32.2. The minimum Gasteiger partial charge on any atom is -0.465 e. The van der Waals surface area contributed by atoms with Crippen molar-refractivity contribution in [2.45, 2.75) is 80.9 Å². The van der Waals surface area contributed by atoms with Crippen LogP contribution in [0.4, 0.5) is 14.5 Å². The van der Waals surface area contributed by atoms with Crippen LogP contribution < -0.4 is 32.8 Å². The van der Waals surface area contributed by atoms with Crippen LogP contribution in [0.3, 0.4) is 0 Å². The van der Waals surface area contributed by atoms with E-state index in [-0.39, 0.29) is 34.0 Å². The number of carbonyl (C=O) groups excluding carboxylic acids is 5. The molecule has 10 heterocycles. The van der Waals surface area contributed by atoms with Gasteiger partial charge in [0.1, 0.15) is 23.7 Å². The molecule has 518 valence electrons. The zero-order valence-electron chi connectivity index (χ0n) is 55.0. The lowest BCUT2D eigenvalue weighted by Gasteiger charge is -2.12. The summed E-state index contributed by atoms with van der Waals surface area (Å²) in [6, 6.07) is 24.5. The van der Waals surface area contributed by atoms with E-state index in [9.17, 15) is 42.3 Å². The van der Waals surface area contributed by atoms with Crippen LogP contribution in [0.1, 0.15) is 87.8 Å². The zero-order valence-corrected chi connectivity index (χ0v) is 56.6. The molecule has 0 unspecified atom stereocenters. The Balaban J connectivity index is 0.000000186. The number of pyridine rings is 7. The largest absolute Gasteiger partial charge is 0.465 e. The highest BCUT2D eigenvalue weighted by molar-refractivity contribution is 7.98. The summed E-state index contributed by atoms with van der Waals surface area (Å²) in [7, 11) is 2.50. The second kappa shape index (κ2) is 39.2. The van der Waals surface area contributed by atoms with Crippen molar-refractivity contribution in [1.82, 2.24) is 53.6 Å². The van der Waals surface area contributed by atoms with E-state index in [1.807, 2.05) is 80.9 Å². The maximum Gasteiger partial charge on any atom is 0.373 e. The number of methoxy groups -OCH3 is 2. The molecule has 12 rings (SSSR count). The average Bonchev–Trinajstić information content (AvgIpc) is 1.02. The van der Waals surface area contributed by atoms with Crippen molar-refractivity contribution in [1.29, 1.82) is 0 Å². The standard InChI is InChI=1S/C23H24N4O3S.C23H26N4OS.C12H9FN2O3.C7H6O4.C5H5FN2.CO2/c1-31-21-12-25-22(26-13-21)10-17-3-2-16(8-17)9-18-4-5-19(11-24-18)27-14-20(30-15-28)6-7-23(27)29;1-16-3-8-23(28)27(15-16)20-7-6-19(24-12-20)10-17-4-5-18(9-17)11-22-25-13-21(29-2)14-26-22;1-18-12(17)8-2-5-11(16)15(7-8)9-3-4-10(13)14-6-9;1-10-7(9)5-2-3-6(8)11-4-5;6-5-2-1-4(7)3-8-5;2-1-3/h4-7,11-17H,2-3,8-10H2,1H3;3,6-8,12-15,17-18H,4-5,9-11H2,1-2H3;2-7H,1H3;2-4H,1H3;1-3H,7H2;/t16-,17-;17-,18-;;;;/m00..../s1. The summed E-state index contributed by atoms with van der Waals surface area (Å²) in [6.07, 6.45) is 34.7. The summed E-state index contributed by atoms with van der Waals surface area (Å²) in [5, 5.41) is 0. The predicted molar refractivity (Wildman–Crippen MR) is 366 cm³/mol. The molecule has 2 N–H and O–H groups in total. The summed E-state index contributed by atoms with van der Waals surface area (Å²) in [6.45, 7) is 2.32. The first-order valence-electron chi connectivity index (χ1n) is 30.9. The van der Waals surface area contributed by atoms with Gasteiger partial charge in [-0.05, 0) is 167 Å². The van der Waals surface area contributed by atoms with E-state index in [0.717, 1.165) is 94.6 Å². The lowest BCUT2D eigenvalue weighted by molar-refractivity contribution is -0.191. The molecule has 25 nitrogen and oxygen atoms in total. The number of aromatic nitrogens is 11. The Morgan fingerprint density at radius 2 is 0.970 bits per heavy atom. The van der Waals surface area contributed by atoms with Gasteiger partial charge < -0.3 is 24.4 Å². The number of aryl methyl sites for hydroxylation is 1. The van der Waals surface area contributed by atoms with E-state index in [4.69, 9.17) is 20.1 Å². The zero-order chi connectivity index (χ0) is 71.9. The van der Waals surface area contributed by atoms with Gasteiger partial charge in [-0.25, -0.2) is 44.3 Å². The number of carbonyl (C=O) groups is 3. The van der Waals surface area contributed by atoms with E-state index in [1.54, 1.807) is 40.4 Å². The Labute approximate surface area is 580 Å². The highest BCUT2D eigenvalue weighted by Gasteiger charge is 2.28. The van der Waals surface area contributed by atoms with Crippen molar-refractivity contribution < 1.29 is 51.4 Å². The molecule has 0 amide bonds. The summed E-state index contributed by atoms with van der Waals surface area (Å²) in [4.78, 5) is 131. The third-order valence-corrected chi connectivity index (χ3v) is 16.9. The maximum absolute atomic E-state index is 12.7. The second-order valence-corrected chi connectivity index (χ2v) is 24.3. The van der Waals surface area contributed by atoms with Gasteiger partial charge >= 0.3 is 23.7 Å². The van der Waals surface area contributed by atoms with Gasteiger partial charge in [0.15, 0.2) is 0 Å². The molecular weight excluding hydrogens is 1330 g/mol. The summed E-state index contributed by atoms with van der Waals surface area (Å²) in [5.41, 5.74) is 10.0. The van der Waals surface area contributed by atoms with E-state index in [0.29, 0.717) is 53.0 Å². The maximum atomic E-state index is 12.7. The van der Waals surface area contributed by atoms with Crippen molar-refractivity contribution in [2.24, 2.45) is 23.7 Å². The van der Waals surface area contributed by atoms with E-state index < -0.39 is 29.5 Å². The van der Waals surface area contributed by atoms with Gasteiger partial charge in [0.05, 0.1) is 79.1 Å². The Morgan fingerprint density at radius 1 is 0.540 bits per heavy atom. The van der Waals surface area contributed by atoms with Crippen LogP contribution in [0.25, 0.3) is 17.1 Å². The SMILES string of the molecule is COC(=O)c1ccc(=O)n(-c2ccc(F)nc2)c1.COC(=O)c1ccc(=O)oc1.CSc1cnc(C[C@H]2CC[C@H](Cc3ccc(-n4cc(C)ccc4=O)cn3)C2)nc1.CSc1cnc(C[C@H]2CC[C@H](Cc3ccc(-n4cc(OC=O)ccc4=O)cn3)C2)nc1.Nc1ccc(F)nc1.O=C=O. The van der Waals surface area contributed by atoms with Crippen LogP contribution in [0, 0.1) is 42.5 Å². The molecule has 2 aliphatic carbocycles. The third kappa shape index (κ3) is 24.1.